The standard InChI is InChI=1S/C28H25ClFN3O3/c1-32(2)26-14-13-22(31-27(34)24-7-3-4-8-25(24)29)16-20(26)17-33(18-23-6-5-15-36-23)28(35)19-9-11-21(30)12-10-19/h3-16H,17-18H2,1-2H3,(H,31,34). The first kappa shape index (κ1) is 25.0. The minimum Gasteiger partial charge on any atom is -0.467 e. The molecule has 0 aliphatic heterocycles. The van der Waals surface area contributed by atoms with Crippen molar-refractivity contribution >= 4 is 34.8 Å². The van der Waals surface area contributed by atoms with E-state index in [1.54, 1.807) is 53.6 Å². The molecule has 4 aromatic rings. The van der Waals surface area contributed by atoms with Gasteiger partial charge in [-0.2, -0.15) is 0 Å². The van der Waals surface area contributed by atoms with Gasteiger partial charge in [0, 0.05) is 37.6 Å². The van der Waals surface area contributed by atoms with Gasteiger partial charge in [0.15, 0.2) is 0 Å². The lowest BCUT2D eigenvalue weighted by molar-refractivity contribution is 0.0717. The summed E-state index contributed by atoms with van der Waals surface area (Å²) in [5.41, 5.74) is 2.97. The summed E-state index contributed by atoms with van der Waals surface area (Å²) in [7, 11) is 3.80. The van der Waals surface area contributed by atoms with Gasteiger partial charge in [0.05, 0.1) is 23.4 Å². The van der Waals surface area contributed by atoms with Crippen LogP contribution in [0.25, 0.3) is 0 Å². The van der Waals surface area contributed by atoms with Crippen LogP contribution in [0.1, 0.15) is 32.0 Å². The van der Waals surface area contributed by atoms with E-state index in [-0.39, 0.29) is 24.9 Å². The molecule has 0 aliphatic carbocycles. The number of carbonyl (C=O) groups is 2. The molecule has 0 aliphatic rings. The molecule has 0 radical (unpaired) electrons. The van der Waals surface area contributed by atoms with Crippen molar-refractivity contribution in [2.75, 3.05) is 24.3 Å². The number of amides is 2. The third kappa shape index (κ3) is 5.93. The molecule has 2 amide bonds. The van der Waals surface area contributed by atoms with Gasteiger partial charge >= 0.3 is 0 Å². The Bertz CT molecular complexity index is 1350. The highest BCUT2D eigenvalue weighted by Crippen LogP contribution is 2.27. The van der Waals surface area contributed by atoms with E-state index in [9.17, 15) is 14.0 Å². The van der Waals surface area contributed by atoms with Gasteiger partial charge < -0.3 is 19.5 Å². The van der Waals surface area contributed by atoms with E-state index in [1.165, 1.54) is 24.3 Å². The van der Waals surface area contributed by atoms with Gasteiger partial charge in [0.25, 0.3) is 11.8 Å². The first-order chi connectivity index (χ1) is 17.3. The molecule has 4 rings (SSSR count). The smallest absolute Gasteiger partial charge is 0.257 e. The van der Waals surface area contributed by atoms with Crippen LogP contribution in [0.5, 0.6) is 0 Å². The maximum atomic E-state index is 13.5. The molecule has 0 bridgehead atoms. The Labute approximate surface area is 213 Å². The minimum absolute atomic E-state index is 0.215. The Morgan fingerprint density at radius 3 is 2.36 bits per heavy atom. The van der Waals surface area contributed by atoms with Gasteiger partial charge in [-0.05, 0) is 72.3 Å². The van der Waals surface area contributed by atoms with E-state index in [1.807, 2.05) is 31.1 Å². The Morgan fingerprint density at radius 2 is 1.69 bits per heavy atom. The zero-order valence-corrected chi connectivity index (χ0v) is 20.6. The monoisotopic (exact) mass is 505 g/mol. The summed E-state index contributed by atoms with van der Waals surface area (Å²) < 4.78 is 18.9. The molecular weight excluding hydrogens is 481 g/mol. The number of halogens is 2. The summed E-state index contributed by atoms with van der Waals surface area (Å²) in [6.07, 6.45) is 1.55. The van der Waals surface area contributed by atoms with Crippen molar-refractivity contribution in [3.63, 3.8) is 0 Å². The lowest BCUT2D eigenvalue weighted by Crippen LogP contribution is -2.30. The fraction of sp³-hybridized carbons (Fsp3) is 0.143. The van der Waals surface area contributed by atoms with Crippen LogP contribution in [0.2, 0.25) is 5.02 Å². The highest BCUT2D eigenvalue weighted by atomic mass is 35.5. The van der Waals surface area contributed by atoms with E-state index in [4.69, 9.17) is 16.0 Å². The van der Waals surface area contributed by atoms with E-state index in [0.29, 0.717) is 27.6 Å². The maximum Gasteiger partial charge on any atom is 0.257 e. The SMILES string of the molecule is CN(C)c1ccc(NC(=O)c2ccccc2Cl)cc1CN(Cc1ccco1)C(=O)c1ccc(F)cc1. The van der Waals surface area contributed by atoms with Crippen LogP contribution < -0.4 is 10.2 Å². The zero-order valence-electron chi connectivity index (χ0n) is 19.9. The Balaban J connectivity index is 1.65. The molecule has 8 heteroatoms. The van der Waals surface area contributed by atoms with Crippen LogP contribution in [0.4, 0.5) is 15.8 Å². The van der Waals surface area contributed by atoms with Gasteiger partial charge in [0.2, 0.25) is 0 Å². The van der Waals surface area contributed by atoms with Crippen LogP contribution in [0, 0.1) is 5.82 Å². The number of hydrogen-bond donors (Lipinski definition) is 1. The fourth-order valence-electron chi connectivity index (χ4n) is 3.84. The molecule has 0 saturated heterocycles. The Kier molecular flexibility index (Phi) is 7.71. The zero-order chi connectivity index (χ0) is 25.7. The van der Waals surface area contributed by atoms with E-state index in [2.05, 4.69) is 5.32 Å². The van der Waals surface area contributed by atoms with Crippen molar-refractivity contribution in [3.8, 4) is 0 Å². The first-order valence-corrected chi connectivity index (χ1v) is 11.6. The van der Waals surface area contributed by atoms with Crippen molar-refractivity contribution in [1.29, 1.82) is 0 Å². The maximum absolute atomic E-state index is 13.5. The quantitative estimate of drug-likeness (QED) is 0.308. The molecule has 184 valence electrons. The predicted molar refractivity (Wildman–Crippen MR) is 139 cm³/mol. The second kappa shape index (κ2) is 11.1. The number of nitrogens with one attached hydrogen (secondary N) is 1. The molecule has 36 heavy (non-hydrogen) atoms. The van der Waals surface area contributed by atoms with Gasteiger partial charge in [-0.1, -0.05) is 23.7 Å². The number of nitrogens with zero attached hydrogens (tertiary/aromatic N) is 2. The van der Waals surface area contributed by atoms with Crippen molar-refractivity contribution in [1.82, 2.24) is 4.90 Å². The summed E-state index contributed by atoms with van der Waals surface area (Å²) in [5.74, 6) is -0.415. The summed E-state index contributed by atoms with van der Waals surface area (Å²) in [4.78, 5) is 29.8. The molecule has 0 spiro atoms. The topological polar surface area (TPSA) is 65.8 Å². The molecule has 1 N–H and O–H groups in total. The van der Waals surface area contributed by atoms with Crippen molar-refractivity contribution < 1.29 is 18.4 Å². The van der Waals surface area contributed by atoms with Crippen LogP contribution in [-0.4, -0.2) is 30.8 Å². The molecule has 3 aromatic carbocycles. The van der Waals surface area contributed by atoms with E-state index in [0.717, 1.165) is 11.3 Å². The molecule has 0 saturated carbocycles. The number of benzene rings is 3. The lowest BCUT2D eigenvalue weighted by Gasteiger charge is -2.26. The average molecular weight is 506 g/mol. The number of furan rings is 1. The number of hydrogen-bond acceptors (Lipinski definition) is 4. The average Bonchev–Trinajstić information content (AvgIpc) is 3.37. The van der Waals surface area contributed by atoms with E-state index < -0.39 is 5.82 Å². The number of rotatable bonds is 8. The van der Waals surface area contributed by atoms with Crippen LogP contribution in [0.3, 0.4) is 0 Å². The molecule has 0 atom stereocenters. The minimum atomic E-state index is -0.416. The largest absolute Gasteiger partial charge is 0.467 e. The first-order valence-electron chi connectivity index (χ1n) is 11.2. The van der Waals surface area contributed by atoms with Crippen molar-refractivity contribution in [2.45, 2.75) is 13.1 Å². The van der Waals surface area contributed by atoms with Crippen molar-refractivity contribution in [3.05, 3.63) is 118 Å². The third-order valence-electron chi connectivity index (χ3n) is 5.60. The van der Waals surface area contributed by atoms with Crippen LogP contribution in [0.15, 0.2) is 89.5 Å². The number of carbonyl (C=O) groups excluding carboxylic acids is 2. The number of anilines is 2. The molecule has 1 aromatic heterocycles. The van der Waals surface area contributed by atoms with Gasteiger partial charge in [0.1, 0.15) is 11.6 Å². The van der Waals surface area contributed by atoms with E-state index >= 15 is 0 Å². The highest BCUT2D eigenvalue weighted by Gasteiger charge is 2.21. The second-order valence-corrected chi connectivity index (χ2v) is 8.83. The van der Waals surface area contributed by atoms with Crippen molar-refractivity contribution in [2.24, 2.45) is 0 Å². The lowest BCUT2D eigenvalue weighted by atomic mass is 10.1. The van der Waals surface area contributed by atoms with Crippen LogP contribution >= 0.6 is 11.6 Å². The highest BCUT2D eigenvalue weighted by molar-refractivity contribution is 6.34. The molecular formula is C28H25ClFN3O3. The predicted octanol–water partition coefficient (Wildman–Crippen LogP) is 6.23. The summed E-state index contributed by atoms with van der Waals surface area (Å²) >= 11 is 6.18. The summed E-state index contributed by atoms with van der Waals surface area (Å²) in [6.45, 7) is 0.437. The van der Waals surface area contributed by atoms with Gasteiger partial charge in [-0.3, -0.25) is 9.59 Å². The summed E-state index contributed by atoms with van der Waals surface area (Å²) in [5, 5.41) is 3.24. The summed E-state index contributed by atoms with van der Waals surface area (Å²) in [6, 6.07) is 21.3. The van der Waals surface area contributed by atoms with Gasteiger partial charge in [-0.15, -0.1) is 0 Å². The Morgan fingerprint density at radius 1 is 0.944 bits per heavy atom. The molecule has 1 heterocycles. The fourth-order valence-corrected chi connectivity index (χ4v) is 4.06. The normalized spacial score (nSPS) is 10.7. The Hall–Kier alpha value is -4.10. The second-order valence-electron chi connectivity index (χ2n) is 8.42. The molecule has 6 nitrogen and oxygen atoms in total. The van der Waals surface area contributed by atoms with Crippen LogP contribution in [-0.2, 0) is 13.1 Å². The van der Waals surface area contributed by atoms with Gasteiger partial charge in [-0.25, -0.2) is 4.39 Å². The molecule has 0 unspecified atom stereocenters. The molecule has 0 fully saturated rings. The third-order valence-corrected chi connectivity index (χ3v) is 5.93.